The number of rotatable bonds is 13. The number of hydrazone groups is 1. The van der Waals surface area contributed by atoms with Gasteiger partial charge in [0.1, 0.15) is 28.6 Å². The normalized spacial score (nSPS) is 25.7. The summed E-state index contributed by atoms with van der Waals surface area (Å²) in [6.45, 7) is 3.26. The number of phenols is 2. The van der Waals surface area contributed by atoms with Crippen LogP contribution in [0.5, 0.6) is 23.0 Å². The van der Waals surface area contributed by atoms with Gasteiger partial charge in [-0.1, -0.05) is 30.3 Å². The second-order valence-electron chi connectivity index (χ2n) is 13.6. The van der Waals surface area contributed by atoms with E-state index in [1.807, 2.05) is 0 Å². The first-order valence-corrected chi connectivity index (χ1v) is 20.2. The molecule has 3 aromatic rings. The van der Waals surface area contributed by atoms with Gasteiger partial charge in [-0.3, -0.25) is 9.59 Å². The number of nitrogens with zero attached hydrogens (tertiary/aromatic N) is 2. The number of carbonyl (C=O) groups is 2. The molecule has 0 spiro atoms. The highest BCUT2D eigenvalue weighted by Gasteiger charge is 2.49. The van der Waals surface area contributed by atoms with Gasteiger partial charge in [0.05, 0.1) is 47.8 Å². The lowest BCUT2D eigenvalue weighted by atomic mass is 9.72. The van der Waals surface area contributed by atoms with E-state index in [4.69, 9.17) is 47.7 Å². The van der Waals surface area contributed by atoms with E-state index in [9.17, 15) is 34.6 Å². The van der Waals surface area contributed by atoms with Crippen LogP contribution in [0, 0.1) is 0 Å². The molecule has 1 fully saturated rings. The minimum Gasteiger partial charge on any atom is -0.507 e. The molecule has 6 rings (SSSR count). The predicted octanol–water partition coefficient (Wildman–Crippen LogP) is 4.79. The number of phenolic OH excluding ortho intramolecular Hbond substituents is 2. The minimum atomic E-state index is -4.09. The molecule has 1 aliphatic heterocycles. The quantitative estimate of drug-likeness (QED) is 0.0350. The lowest BCUT2D eigenvalue weighted by molar-refractivity contribution is -0.245. The number of ether oxygens (including phenoxy) is 3. The zero-order chi connectivity index (χ0) is 39.8. The van der Waals surface area contributed by atoms with Crippen molar-refractivity contribution in [3.8, 4) is 23.0 Å². The van der Waals surface area contributed by atoms with E-state index in [0.717, 1.165) is 0 Å². The van der Waals surface area contributed by atoms with Gasteiger partial charge in [-0.15, -0.1) is 35.6 Å². The van der Waals surface area contributed by atoms with Crippen molar-refractivity contribution in [2.24, 2.45) is 10.8 Å². The third-order valence-electron chi connectivity index (χ3n) is 10.2. The highest BCUT2D eigenvalue weighted by molar-refractivity contribution is 7.54. The Hall–Kier alpha value is -3.47. The molecule has 7 atom stereocenters. The van der Waals surface area contributed by atoms with Gasteiger partial charge in [0, 0.05) is 66.8 Å². The Balaban J connectivity index is 0.00000600. The predicted molar refractivity (Wildman–Crippen MR) is 211 cm³/mol. The summed E-state index contributed by atoms with van der Waals surface area (Å²) in [5.74, 6) is -2.29. The van der Waals surface area contributed by atoms with E-state index < -0.39 is 84.5 Å². The summed E-state index contributed by atoms with van der Waals surface area (Å²) in [5.41, 5.74) is 2.94. The summed E-state index contributed by atoms with van der Waals surface area (Å²) in [5, 5.41) is 53.7. The number of carbonyl (C=O) groups excluding carboxylic acids is 2. The molecular weight excluding hydrogens is 814 g/mol. The van der Waals surface area contributed by atoms with E-state index in [1.165, 1.54) is 36.9 Å². The average molecular weight is 858 g/mol. The van der Waals surface area contributed by atoms with Crippen LogP contribution in [0.3, 0.4) is 0 Å². The van der Waals surface area contributed by atoms with E-state index in [-0.39, 0.29) is 89.6 Å². The number of fused-ring (bicyclic) bond motifs is 3. The average Bonchev–Trinajstić information content (AvgIpc) is 3.16. The summed E-state index contributed by atoms with van der Waals surface area (Å²) < 4.78 is 39.5. The maximum Gasteiger partial charge on any atom is 0.435 e. The molecule has 0 amide bonds. The van der Waals surface area contributed by atoms with Crippen molar-refractivity contribution in [2.45, 2.75) is 69.4 Å². The molecule has 0 bridgehead atoms. The number of benzene rings is 3. The molecule has 304 valence electrons. The highest BCUT2D eigenvalue weighted by Crippen LogP contribution is 2.53. The number of aromatic hydroxyl groups is 2. The number of hydrogen-bond donors (Lipinski definition) is 6. The first-order valence-electron chi connectivity index (χ1n) is 17.6. The molecule has 0 radical (unpaired) electrons. The van der Waals surface area contributed by atoms with Crippen LogP contribution in [0.15, 0.2) is 53.6 Å². The Labute approximate surface area is 339 Å². The largest absolute Gasteiger partial charge is 0.507 e. The lowest BCUT2D eigenvalue weighted by Crippen LogP contribution is -2.52. The zero-order valence-electron chi connectivity index (χ0n) is 30.7. The van der Waals surface area contributed by atoms with Gasteiger partial charge in [-0.2, -0.15) is 5.10 Å². The molecular formula is C37H44Cl3N4O11P. The summed E-state index contributed by atoms with van der Waals surface area (Å²) in [6.07, 6.45) is -4.89. The molecule has 0 saturated carbocycles. The standard InChI is InChI=1S/C37H43Cl2N4O11P.ClH/c1-19-32(44)24(40)16-27(52-19)53-26-18-37(49,20(2)41-42-55(50,43(14-12-38)15-13-39)54-21-8-5-4-6-9-21)17-23-29(26)36(48)31-30(34(23)46)33(45)22-10-7-11-25(51-3)28(22)35(31)47;/h4-11,19,24,26-27,32,44,46,48-49H,12-18,40H2,1-3H3,(H,42,50);1H/t19-,24-,26-,27-,32+,37-,55?;/m0./s1. The van der Waals surface area contributed by atoms with Crippen molar-refractivity contribution >= 4 is 60.6 Å². The number of ketones is 2. The van der Waals surface area contributed by atoms with Crippen LogP contribution in [0.1, 0.15) is 75.8 Å². The molecule has 15 nitrogen and oxygen atoms in total. The van der Waals surface area contributed by atoms with Gasteiger partial charge in [0.25, 0.3) is 0 Å². The molecule has 19 heteroatoms. The van der Waals surface area contributed by atoms with Crippen LogP contribution in [0.25, 0.3) is 0 Å². The van der Waals surface area contributed by atoms with Crippen LogP contribution in [0.2, 0.25) is 0 Å². The van der Waals surface area contributed by atoms with E-state index in [2.05, 4.69) is 10.3 Å². The van der Waals surface area contributed by atoms with Crippen molar-refractivity contribution in [1.29, 1.82) is 0 Å². The van der Waals surface area contributed by atoms with Gasteiger partial charge in [-0.25, -0.2) is 14.4 Å². The van der Waals surface area contributed by atoms with Crippen LogP contribution < -0.4 is 20.2 Å². The minimum absolute atomic E-state index is 0. The second kappa shape index (κ2) is 17.6. The maximum absolute atomic E-state index is 14.5. The number of alkyl halides is 2. The summed E-state index contributed by atoms with van der Waals surface area (Å²) >= 11 is 12.1. The Kier molecular flexibility index (Phi) is 13.7. The summed E-state index contributed by atoms with van der Waals surface area (Å²) in [7, 11) is -2.75. The number of aliphatic hydroxyl groups is 2. The fraction of sp³-hybridized carbons (Fsp3) is 0.432. The monoisotopic (exact) mass is 856 g/mol. The zero-order valence-corrected chi connectivity index (χ0v) is 33.9. The van der Waals surface area contributed by atoms with Gasteiger partial charge in [-0.05, 0) is 32.0 Å². The second-order valence-corrected chi connectivity index (χ2v) is 16.4. The van der Waals surface area contributed by atoms with Crippen molar-refractivity contribution in [1.82, 2.24) is 9.87 Å². The number of nitrogens with two attached hydrogens (primary N) is 1. The summed E-state index contributed by atoms with van der Waals surface area (Å²) in [6, 6.07) is 12.0. The molecule has 7 N–H and O–H groups in total. The first kappa shape index (κ1) is 43.6. The third kappa shape index (κ3) is 8.12. The Bertz CT molecular complexity index is 2030. The number of hydrogen-bond acceptors (Lipinski definition) is 13. The molecule has 1 unspecified atom stereocenters. The smallest absolute Gasteiger partial charge is 0.435 e. The number of aliphatic hydroxyl groups excluding tert-OH is 1. The van der Waals surface area contributed by atoms with Crippen molar-refractivity contribution < 1.29 is 53.3 Å². The summed E-state index contributed by atoms with van der Waals surface area (Å²) in [4.78, 5) is 28.0. The van der Waals surface area contributed by atoms with E-state index >= 15 is 0 Å². The third-order valence-corrected chi connectivity index (χ3v) is 12.5. The maximum atomic E-state index is 14.5. The molecule has 0 aromatic heterocycles. The molecule has 1 saturated heterocycles. The Morgan fingerprint density at radius 1 is 1.05 bits per heavy atom. The van der Waals surface area contributed by atoms with Crippen molar-refractivity contribution in [3.63, 3.8) is 0 Å². The van der Waals surface area contributed by atoms with Crippen LogP contribution in [0.4, 0.5) is 0 Å². The lowest BCUT2D eigenvalue weighted by Gasteiger charge is -2.43. The Morgan fingerprint density at radius 3 is 2.34 bits per heavy atom. The van der Waals surface area contributed by atoms with Gasteiger partial charge >= 0.3 is 7.67 Å². The van der Waals surface area contributed by atoms with E-state index in [1.54, 1.807) is 37.3 Å². The number of halogens is 3. The highest BCUT2D eigenvalue weighted by atomic mass is 35.5. The molecule has 3 aromatic carbocycles. The van der Waals surface area contributed by atoms with Crippen molar-refractivity contribution in [2.75, 3.05) is 32.0 Å². The number of methoxy groups -OCH3 is 1. The SMILES string of the molecule is COc1cccc2c1C(=O)c1c(O)c3c(c(O)c1C2=O)C[C@@](O)(C(C)=NNP(=O)(Oc1ccccc1)N(CCCl)CCCl)C[C@@H]3O[C@H]1C[C@H](N)[C@H](O)[C@H](C)O1.Cl. The topological polar surface area (TPSA) is 223 Å². The van der Waals surface area contributed by atoms with Crippen LogP contribution >= 0.6 is 43.3 Å². The Morgan fingerprint density at radius 2 is 1.71 bits per heavy atom. The molecule has 1 heterocycles. The first-order chi connectivity index (χ1) is 26.2. The van der Waals surface area contributed by atoms with Crippen LogP contribution in [-0.2, 0) is 20.5 Å². The molecule has 2 aliphatic carbocycles. The van der Waals surface area contributed by atoms with Gasteiger partial charge in [0.15, 0.2) is 12.1 Å². The number of nitrogens with one attached hydrogen (secondary N) is 1. The van der Waals surface area contributed by atoms with Crippen LogP contribution in [-0.4, -0.2) is 104 Å². The fourth-order valence-corrected chi connectivity index (χ4v) is 9.58. The number of para-hydroxylation sites is 1. The fourth-order valence-electron chi connectivity index (χ4n) is 7.24. The van der Waals surface area contributed by atoms with Gasteiger partial charge < -0.3 is 44.9 Å². The van der Waals surface area contributed by atoms with Gasteiger partial charge in [0.2, 0.25) is 5.78 Å². The van der Waals surface area contributed by atoms with Crippen molar-refractivity contribution in [3.05, 3.63) is 81.9 Å². The molecule has 56 heavy (non-hydrogen) atoms. The molecule has 3 aliphatic rings. The van der Waals surface area contributed by atoms with E-state index in [0.29, 0.717) is 0 Å².